The summed E-state index contributed by atoms with van der Waals surface area (Å²) in [6, 6.07) is 17.2. The Balaban J connectivity index is 1.25. The molecular weight excluding hydrogens is 372 g/mol. The minimum atomic E-state index is 0.809. The molecule has 1 aliphatic heterocycles. The van der Waals surface area contributed by atoms with Gasteiger partial charge in [-0.2, -0.15) is 0 Å². The Bertz CT molecular complexity index is 1110. The van der Waals surface area contributed by atoms with Gasteiger partial charge in [0.1, 0.15) is 5.65 Å². The molecule has 0 saturated carbocycles. The minimum Gasteiger partial charge on any atom is -0.378 e. The summed E-state index contributed by atoms with van der Waals surface area (Å²) in [5.74, 6) is 0. The highest BCUT2D eigenvalue weighted by atomic mass is 16.5. The van der Waals surface area contributed by atoms with Gasteiger partial charge in [0.25, 0.3) is 0 Å². The van der Waals surface area contributed by atoms with Crippen molar-refractivity contribution >= 4 is 16.7 Å². The highest BCUT2D eigenvalue weighted by Crippen LogP contribution is 2.23. The number of aryl methyl sites for hydroxylation is 2. The van der Waals surface area contributed by atoms with Crippen LogP contribution >= 0.6 is 0 Å². The number of nitrogens with one attached hydrogen (secondary N) is 1. The van der Waals surface area contributed by atoms with Gasteiger partial charge >= 0.3 is 0 Å². The number of nitrogens with zero attached hydrogens (tertiary/aromatic N) is 3. The normalized spacial score (nSPS) is 14.3. The molecule has 5 nitrogen and oxygen atoms in total. The van der Waals surface area contributed by atoms with E-state index in [2.05, 4.69) is 57.3 Å². The lowest BCUT2D eigenvalue weighted by Gasteiger charge is -2.30. The first kappa shape index (κ1) is 18.8. The van der Waals surface area contributed by atoms with Gasteiger partial charge in [0, 0.05) is 54.9 Å². The summed E-state index contributed by atoms with van der Waals surface area (Å²) < 4.78 is 5.51. The fourth-order valence-corrected chi connectivity index (χ4v) is 4.18. The van der Waals surface area contributed by atoms with E-state index >= 15 is 0 Å². The summed E-state index contributed by atoms with van der Waals surface area (Å²) in [5, 5.41) is 1.18. The molecular formula is C25H26N4O. The number of aromatic amines is 1. The number of pyridine rings is 2. The van der Waals surface area contributed by atoms with Crippen LogP contribution in [0.4, 0.5) is 5.69 Å². The number of hydrogen-bond donors (Lipinski definition) is 1. The molecule has 1 aliphatic rings. The third-order valence-electron chi connectivity index (χ3n) is 5.81. The summed E-state index contributed by atoms with van der Waals surface area (Å²) in [6.07, 6.45) is 8.67. The molecule has 152 valence electrons. The van der Waals surface area contributed by atoms with E-state index < -0.39 is 0 Å². The molecule has 5 rings (SSSR count). The van der Waals surface area contributed by atoms with Crippen LogP contribution in [0.3, 0.4) is 0 Å². The van der Waals surface area contributed by atoms with Crippen LogP contribution in [0.25, 0.3) is 11.0 Å². The van der Waals surface area contributed by atoms with E-state index in [1.54, 1.807) is 0 Å². The molecule has 4 heterocycles. The number of hydrogen-bond acceptors (Lipinski definition) is 4. The van der Waals surface area contributed by atoms with Crippen molar-refractivity contribution in [3.05, 3.63) is 89.5 Å². The van der Waals surface area contributed by atoms with Gasteiger partial charge < -0.3 is 14.6 Å². The lowest BCUT2D eigenvalue weighted by molar-refractivity contribution is 0.122. The molecule has 1 N–H and O–H groups in total. The fraction of sp³-hybridized carbons (Fsp3) is 0.280. The van der Waals surface area contributed by atoms with E-state index in [1.165, 1.54) is 27.8 Å². The Hall–Kier alpha value is -3.18. The minimum absolute atomic E-state index is 0.809. The van der Waals surface area contributed by atoms with E-state index in [0.717, 1.165) is 56.9 Å². The van der Waals surface area contributed by atoms with Crippen LogP contribution in [0.5, 0.6) is 0 Å². The molecule has 5 heteroatoms. The van der Waals surface area contributed by atoms with E-state index in [4.69, 9.17) is 9.72 Å². The number of fused-ring (bicyclic) bond motifs is 1. The predicted molar refractivity (Wildman–Crippen MR) is 120 cm³/mol. The Labute approximate surface area is 176 Å². The number of rotatable bonds is 6. The molecule has 0 spiro atoms. The summed E-state index contributed by atoms with van der Waals surface area (Å²) in [6.45, 7) is 3.55. The number of morpholine rings is 1. The standard InChI is InChI=1S/C25H26N4O/c1-2-6-24(29-12-14-30-15-13-29)20(4-1)8-10-22-9-7-19(17-27-22)16-21-18-28-25-23(21)5-3-11-26-25/h1-7,9,11,17-18H,8,10,12-16H2,(H,26,28). The Morgan fingerprint density at radius 3 is 2.67 bits per heavy atom. The highest BCUT2D eigenvalue weighted by molar-refractivity contribution is 5.79. The summed E-state index contributed by atoms with van der Waals surface area (Å²) in [4.78, 5) is 14.8. The van der Waals surface area contributed by atoms with Crippen molar-refractivity contribution in [2.24, 2.45) is 0 Å². The molecule has 0 atom stereocenters. The average Bonchev–Trinajstić information content (AvgIpc) is 3.22. The molecule has 0 amide bonds. The van der Waals surface area contributed by atoms with Gasteiger partial charge in [-0.15, -0.1) is 0 Å². The van der Waals surface area contributed by atoms with Crippen molar-refractivity contribution in [3.8, 4) is 0 Å². The van der Waals surface area contributed by atoms with Crippen LogP contribution in [0.2, 0.25) is 0 Å². The molecule has 0 bridgehead atoms. The van der Waals surface area contributed by atoms with Gasteiger partial charge in [-0.05, 0) is 53.8 Å². The van der Waals surface area contributed by atoms with Crippen molar-refractivity contribution in [1.29, 1.82) is 0 Å². The van der Waals surface area contributed by atoms with Crippen LogP contribution in [0.1, 0.15) is 22.4 Å². The van der Waals surface area contributed by atoms with Crippen LogP contribution in [-0.4, -0.2) is 41.3 Å². The maximum absolute atomic E-state index is 5.51. The van der Waals surface area contributed by atoms with Crippen LogP contribution < -0.4 is 4.90 Å². The van der Waals surface area contributed by atoms with Crippen LogP contribution in [0, 0.1) is 0 Å². The first-order valence-electron chi connectivity index (χ1n) is 10.6. The molecule has 0 aliphatic carbocycles. The van der Waals surface area contributed by atoms with Crippen molar-refractivity contribution in [1.82, 2.24) is 15.0 Å². The smallest absolute Gasteiger partial charge is 0.137 e. The Morgan fingerprint density at radius 1 is 0.900 bits per heavy atom. The molecule has 0 radical (unpaired) electrons. The van der Waals surface area contributed by atoms with E-state index in [0.29, 0.717) is 0 Å². The Morgan fingerprint density at radius 2 is 1.80 bits per heavy atom. The van der Waals surface area contributed by atoms with Crippen LogP contribution in [0.15, 0.2) is 67.1 Å². The quantitative estimate of drug-likeness (QED) is 0.530. The average molecular weight is 399 g/mol. The van der Waals surface area contributed by atoms with Crippen molar-refractivity contribution in [3.63, 3.8) is 0 Å². The molecule has 3 aromatic heterocycles. The predicted octanol–water partition coefficient (Wildman–Crippen LogP) is 4.17. The zero-order valence-corrected chi connectivity index (χ0v) is 17.1. The number of anilines is 1. The number of H-pyrrole nitrogens is 1. The fourth-order valence-electron chi connectivity index (χ4n) is 4.18. The topological polar surface area (TPSA) is 54.0 Å². The van der Waals surface area contributed by atoms with Crippen molar-refractivity contribution < 1.29 is 4.74 Å². The maximum Gasteiger partial charge on any atom is 0.137 e. The zero-order valence-electron chi connectivity index (χ0n) is 17.1. The largest absolute Gasteiger partial charge is 0.378 e. The third kappa shape index (κ3) is 4.07. The lowest BCUT2D eigenvalue weighted by Crippen LogP contribution is -2.36. The molecule has 1 fully saturated rings. The first-order chi connectivity index (χ1) is 14.9. The van der Waals surface area contributed by atoms with Gasteiger partial charge in [-0.3, -0.25) is 4.98 Å². The van der Waals surface area contributed by atoms with Gasteiger partial charge in [0.15, 0.2) is 0 Å². The summed E-state index contributed by atoms with van der Waals surface area (Å²) in [7, 11) is 0. The zero-order chi connectivity index (χ0) is 20.2. The number of benzene rings is 1. The van der Waals surface area contributed by atoms with Gasteiger partial charge in [-0.25, -0.2) is 4.98 Å². The van der Waals surface area contributed by atoms with E-state index in [1.807, 2.05) is 24.7 Å². The molecule has 0 unspecified atom stereocenters. The third-order valence-corrected chi connectivity index (χ3v) is 5.81. The lowest BCUT2D eigenvalue weighted by atomic mass is 10.0. The monoisotopic (exact) mass is 398 g/mol. The second-order valence-corrected chi connectivity index (χ2v) is 7.78. The van der Waals surface area contributed by atoms with Gasteiger partial charge in [-0.1, -0.05) is 24.3 Å². The van der Waals surface area contributed by atoms with Crippen molar-refractivity contribution in [2.45, 2.75) is 19.3 Å². The van der Waals surface area contributed by atoms with E-state index in [9.17, 15) is 0 Å². The SMILES string of the molecule is c1ccc(N2CCOCC2)c(CCc2ccc(Cc3c[nH]c4ncccc34)cn2)c1. The molecule has 4 aromatic rings. The maximum atomic E-state index is 5.51. The second kappa shape index (κ2) is 8.67. The van der Waals surface area contributed by atoms with Gasteiger partial charge in [0.05, 0.1) is 13.2 Å². The van der Waals surface area contributed by atoms with Crippen LogP contribution in [-0.2, 0) is 24.0 Å². The number of para-hydroxylation sites is 1. The second-order valence-electron chi connectivity index (χ2n) is 7.78. The van der Waals surface area contributed by atoms with Gasteiger partial charge in [0.2, 0.25) is 0 Å². The first-order valence-corrected chi connectivity index (χ1v) is 10.6. The van der Waals surface area contributed by atoms with Crippen molar-refractivity contribution in [2.75, 3.05) is 31.2 Å². The Kier molecular flexibility index (Phi) is 5.44. The molecule has 1 saturated heterocycles. The summed E-state index contributed by atoms with van der Waals surface area (Å²) in [5.41, 5.74) is 7.28. The highest BCUT2D eigenvalue weighted by Gasteiger charge is 2.14. The summed E-state index contributed by atoms with van der Waals surface area (Å²) >= 11 is 0. The molecule has 1 aromatic carbocycles. The number of aromatic nitrogens is 3. The van der Waals surface area contributed by atoms with E-state index in [-0.39, 0.29) is 0 Å². The number of ether oxygens (including phenoxy) is 1. The molecule has 30 heavy (non-hydrogen) atoms.